The molecule has 0 bridgehead atoms. The van der Waals surface area contributed by atoms with Gasteiger partial charge in [0.15, 0.2) is 0 Å². The fourth-order valence-corrected chi connectivity index (χ4v) is 1.47. The van der Waals surface area contributed by atoms with Gasteiger partial charge in [-0.25, -0.2) is 5.84 Å². The first-order valence-electron chi connectivity index (χ1n) is 4.98. The number of carbonyl (C=O) groups excluding carboxylic acids is 1. The van der Waals surface area contributed by atoms with Gasteiger partial charge in [-0.3, -0.25) is 9.80 Å². The molecular weight excluding hydrogens is 164 g/mol. The Morgan fingerprint density at radius 2 is 2.00 bits per heavy atom. The predicted octanol–water partition coefficient (Wildman–Crippen LogP) is 1.53. The Kier molecular flexibility index (Phi) is 2.96. The predicted molar refractivity (Wildman–Crippen MR) is 52.7 cm³/mol. The van der Waals surface area contributed by atoms with Crippen LogP contribution in [0.2, 0.25) is 0 Å². The van der Waals surface area contributed by atoms with Crippen molar-refractivity contribution in [3.8, 4) is 0 Å². The first-order valence-corrected chi connectivity index (χ1v) is 4.98. The molecule has 0 aliphatic heterocycles. The molecule has 1 fully saturated rings. The molecule has 0 unspecified atom stereocenters. The molecule has 1 amide bonds. The average Bonchev–Trinajstić information content (AvgIpc) is 1.93. The van der Waals surface area contributed by atoms with Crippen LogP contribution in [0.3, 0.4) is 0 Å². The number of hydrogen-bond donors (Lipinski definition) is 1. The van der Waals surface area contributed by atoms with Crippen LogP contribution < -0.4 is 5.84 Å². The van der Waals surface area contributed by atoms with Crippen molar-refractivity contribution in [1.29, 1.82) is 0 Å². The maximum absolute atomic E-state index is 11.6. The van der Waals surface area contributed by atoms with Crippen molar-refractivity contribution in [2.45, 2.75) is 40.0 Å². The van der Waals surface area contributed by atoms with E-state index >= 15 is 0 Å². The van der Waals surface area contributed by atoms with Gasteiger partial charge >= 0.3 is 0 Å². The van der Waals surface area contributed by atoms with E-state index in [1.54, 1.807) is 0 Å². The van der Waals surface area contributed by atoms with Gasteiger partial charge in [-0.2, -0.15) is 0 Å². The summed E-state index contributed by atoms with van der Waals surface area (Å²) in [6.07, 6.45) is 3.75. The van der Waals surface area contributed by atoms with E-state index in [2.05, 4.69) is 0 Å². The Morgan fingerprint density at radius 3 is 2.31 bits per heavy atom. The van der Waals surface area contributed by atoms with E-state index in [-0.39, 0.29) is 11.3 Å². The van der Waals surface area contributed by atoms with Crippen LogP contribution in [0.25, 0.3) is 0 Å². The molecule has 13 heavy (non-hydrogen) atoms. The second-order valence-electron chi connectivity index (χ2n) is 5.00. The van der Waals surface area contributed by atoms with Crippen molar-refractivity contribution in [1.82, 2.24) is 5.01 Å². The highest BCUT2D eigenvalue weighted by atomic mass is 16.2. The summed E-state index contributed by atoms with van der Waals surface area (Å²) in [6.45, 7) is 6.43. The highest BCUT2D eigenvalue weighted by molar-refractivity contribution is 5.80. The molecule has 0 aromatic heterocycles. The Balaban J connectivity index is 2.37. The molecule has 76 valence electrons. The maximum atomic E-state index is 11.6. The van der Waals surface area contributed by atoms with E-state index in [1.807, 2.05) is 20.8 Å². The lowest BCUT2D eigenvalue weighted by Crippen LogP contribution is -2.47. The molecule has 1 saturated carbocycles. The van der Waals surface area contributed by atoms with Gasteiger partial charge in [0.1, 0.15) is 0 Å². The average molecular weight is 184 g/mol. The van der Waals surface area contributed by atoms with Crippen molar-refractivity contribution >= 4 is 5.91 Å². The van der Waals surface area contributed by atoms with Crippen molar-refractivity contribution in [3.05, 3.63) is 0 Å². The maximum Gasteiger partial charge on any atom is 0.241 e. The Bertz CT molecular complexity index is 192. The van der Waals surface area contributed by atoms with Gasteiger partial charge in [0.2, 0.25) is 5.91 Å². The fourth-order valence-electron chi connectivity index (χ4n) is 1.47. The highest BCUT2D eigenvalue weighted by Crippen LogP contribution is 2.27. The molecule has 3 nitrogen and oxygen atoms in total. The van der Waals surface area contributed by atoms with Crippen LogP contribution in [0.4, 0.5) is 0 Å². The van der Waals surface area contributed by atoms with Crippen LogP contribution in [-0.2, 0) is 4.79 Å². The zero-order valence-electron chi connectivity index (χ0n) is 8.84. The molecule has 0 spiro atoms. The van der Waals surface area contributed by atoms with Gasteiger partial charge in [0, 0.05) is 12.0 Å². The van der Waals surface area contributed by atoms with E-state index in [4.69, 9.17) is 5.84 Å². The SMILES string of the molecule is CC(C)(C)C(=O)N(N)CC1CCC1. The van der Waals surface area contributed by atoms with Gasteiger partial charge in [0.05, 0.1) is 0 Å². The monoisotopic (exact) mass is 184 g/mol. The molecule has 0 heterocycles. The molecule has 2 N–H and O–H groups in total. The number of nitrogens with two attached hydrogens (primary N) is 1. The topological polar surface area (TPSA) is 46.3 Å². The van der Waals surface area contributed by atoms with Crippen LogP contribution in [0.1, 0.15) is 40.0 Å². The Labute approximate surface area is 80.2 Å². The zero-order valence-corrected chi connectivity index (χ0v) is 8.84. The molecule has 3 heteroatoms. The lowest BCUT2D eigenvalue weighted by atomic mass is 9.85. The smallest absolute Gasteiger partial charge is 0.241 e. The van der Waals surface area contributed by atoms with Gasteiger partial charge < -0.3 is 0 Å². The molecule has 0 aromatic rings. The summed E-state index contributed by atoms with van der Waals surface area (Å²) in [7, 11) is 0. The summed E-state index contributed by atoms with van der Waals surface area (Å²) in [5.74, 6) is 6.39. The van der Waals surface area contributed by atoms with Gasteiger partial charge in [-0.1, -0.05) is 27.2 Å². The molecule has 0 saturated heterocycles. The number of hydrogen-bond acceptors (Lipinski definition) is 2. The summed E-state index contributed by atoms with van der Waals surface area (Å²) in [5, 5.41) is 1.39. The van der Waals surface area contributed by atoms with Crippen molar-refractivity contribution in [2.24, 2.45) is 17.2 Å². The second-order valence-corrected chi connectivity index (χ2v) is 5.00. The minimum absolute atomic E-state index is 0.0411. The number of rotatable bonds is 2. The van der Waals surface area contributed by atoms with Crippen molar-refractivity contribution in [3.63, 3.8) is 0 Å². The number of amides is 1. The second kappa shape index (κ2) is 3.66. The normalized spacial score (nSPS) is 18.2. The van der Waals surface area contributed by atoms with Gasteiger partial charge in [-0.05, 0) is 18.8 Å². The van der Waals surface area contributed by atoms with Crippen LogP contribution >= 0.6 is 0 Å². The highest BCUT2D eigenvalue weighted by Gasteiger charge is 2.28. The third-order valence-electron chi connectivity index (χ3n) is 2.58. The number of hydrazine groups is 1. The van der Waals surface area contributed by atoms with Crippen LogP contribution in [0.5, 0.6) is 0 Å². The van der Waals surface area contributed by atoms with Crippen LogP contribution in [0, 0.1) is 11.3 Å². The molecular formula is C10H20N2O. The largest absolute Gasteiger partial charge is 0.280 e. The molecule has 1 aliphatic rings. The number of nitrogens with zero attached hydrogens (tertiary/aromatic N) is 1. The van der Waals surface area contributed by atoms with Gasteiger partial charge in [-0.15, -0.1) is 0 Å². The summed E-state index contributed by atoms with van der Waals surface area (Å²) in [5.41, 5.74) is -0.349. The standard InChI is InChI=1S/C10H20N2O/c1-10(2,3)9(13)12(11)7-8-5-4-6-8/h8H,4-7,11H2,1-3H3. The first kappa shape index (κ1) is 10.5. The fraction of sp³-hybridized carbons (Fsp3) is 0.900. The lowest BCUT2D eigenvalue weighted by Gasteiger charge is -2.32. The minimum atomic E-state index is -0.349. The van der Waals surface area contributed by atoms with Crippen molar-refractivity contribution in [2.75, 3.05) is 6.54 Å². The molecule has 1 aliphatic carbocycles. The quantitative estimate of drug-likeness (QED) is 0.402. The molecule has 0 atom stereocenters. The molecule has 0 aromatic carbocycles. The van der Waals surface area contributed by atoms with E-state index in [0.29, 0.717) is 5.92 Å². The molecule has 1 rings (SSSR count). The molecule has 0 radical (unpaired) electrons. The summed E-state index contributed by atoms with van der Waals surface area (Å²) >= 11 is 0. The van der Waals surface area contributed by atoms with Crippen LogP contribution in [0.15, 0.2) is 0 Å². The summed E-state index contributed by atoms with van der Waals surface area (Å²) in [6, 6.07) is 0. The van der Waals surface area contributed by atoms with Crippen LogP contribution in [-0.4, -0.2) is 17.5 Å². The van der Waals surface area contributed by atoms with Crippen molar-refractivity contribution < 1.29 is 4.79 Å². The Morgan fingerprint density at radius 1 is 1.46 bits per heavy atom. The summed E-state index contributed by atoms with van der Waals surface area (Å²) < 4.78 is 0. The van der Waals surface area contributed by atoms with Gasteiger partial charge in [0.25, 0.3) is 0 Å². The Hall–Kier alpha value is -0.570. The third kappa shape index (κ3) is 2.69. The minimum Gasteiger partial charge on any atom is -0.280 e. The third-order valence-corrected chi connectivity index (χ3v) is 2.58. The van der Waals surface area contributed by atoms with E-state index in [1.165, 1.54) is 24.3 Å². The number of carbonyl (C=O) groups is 1. The van der Waals surface area contributed by atoms with E-state index < -0.39 is 0 Å². The summed E-state index contributed by atoms with van der Waals surface area (Å²) in [4.78, 5) is 11.6. The lowest BCUT2D eigenvalue weighted by molar-refractivity contribution is -0.140. The first-order chi connectivity index (χ1) is 5.91. The van der Waals surface area contributed by atoms with E-state index in [0.717, 1.165) is 6.54 Å². The van der Waals surface area contributed by atoms with E-state index in [9.17, 15) is 4.79 Å². The zero-order chi connectivity index (χ0) is 10.1.